The van der Waals surface area contributed by atoms with Crippen LogP contribution in [-0.4, -0.2) is 78.3 Å². The number of aromatic nitrogens is 1. The second-order valence-electron chi connectivity index (χ2n) is 6.66. The third-order valence-corrected chi connectivity index (χ3v) is 5.44. The van der Waals surface area contributed by atoms with Crippen LogP contribution in [0.4, 0.5) is 0 Å². The molecule has 152 valence electrons. The number of ether oxygens (including phenoxy) is 2. The molecule has 10 heteroatoms. The van der Waals surface area contributed by atoms with Crippen molar-refractivity contribution >= 4 is 29.1 Å². The number of rotatable bonds is 7. The van der Waals surface area contributed by atoms with Gasteiger partial charge in [0.2, 0.25) is 0 Å². The lowest BCUT2D eigenvalue weighted by Crippen LogP contribution is -2.47. The standard InChI is InChI=1S/C18H24N4O5S/c1-11-15(18(25)26-2)13(21-16(20-11)17-19-5-8-28-17)10-22-6-7-27-12(9-22)3-4-14(23)24/h5,8,11-12H,3-4,6-7,9-10H2,1-2H3,(H,20,21)(H,23,24)/t11-,12+/m0/s1. The fourth-order valence-electron chi connectivity index (χ4n) is 3.34. The van der Waals surface area contributed by atoms with E-state index in [1.165, 1.54) is 18.4 Å². The maximum Gasteiger partial charge on any atom is 0.337 e. The summed E-state index contributed by atoms with van der Waals surface area (Å²) < 4.78 is 10.6. The summed E-state index contributed by atoms with van der Waals surface area (Å²) in [5, 5.41) is 14.8. The molecule has 9 nitrogen and oxygen atoms in total. The first-order valence-corrected chi connectivity index (χ1v) is 9.97. The summed E-state index contributed by atoms with van der Waals surface area (Å²) in [5.41, 5.74) is 1.23. The van der Waals surface area contributed by atoms with E-state index in [-0.39, 0.29) is 18.6 Å². The van der Waals surface area contributed by atoms with Gasteiger partial charge in [-0.25, -0.2) is 9.78 Å². The molecule has 0 saturated carbocycles. The number of carbonyl (C=O) groups excluding carboxylic acids is 1. The topological polar surface area (TPSA) is 113 Å². The third-order valence-electron chi connectivity index (χ3n) is 4.66. The summed E-state index contributed by atoms with van der Waals surface area (Å²) in [6.45, 7) is 4.17. The number of carbonyl (C=O) groups is 2. The molecule has 1 aromatic rings. The van der Waals surface area contributed by atoms with Crippen LogP contribution in [0.3, 0.4) is 0 Å². The second-order valence-corrected chi connectivity index (χ2v) is 7.55. The Morgan fingerprint density at radius 1 is 1.50 bits per heavy atom. The minimum atomic E-state index is -0.830. The van der Waals surface area contributed by atoms with E-state index >= 15 is 0 Å². The van der Waals surface area contributed by atoms with Crippen LogP contribution in [-0.2, 0) is 19.1 Å². The van der Waals surface area contributed by atoms with Crippen molar-refractivity contribution in [2.24, 2.45) is 4.99 Å². The zero-order chi connectivity index (χ0) is 20.1. The smallest absolute Gasteiger partial charge is 0.337 e. The Kier molecular flexibility index (Phi) is 6.76. The van der Waals surface area contributed by atoms with Gasteiger partial charge in [0.1, 0.15) is 0 Å². The molecule has 2 N–H and O–H groups in total. The van der Waals surface area contributed by atoms with Crippen LogP contribution < -0.4 is 5.32 Å². The number of nitrogens with one attached hydrogen (secondary N) is 1. The van der Waals surface area contributed by atoms with Crippen molar-refractivity contribution in [3.8, 4) is 0 Å². The molecule has 0 aromatic carbocycles. The normalized spacial score (nSPS) is 23.1. The van der Waals surface area contributed by atoms with Crippen molar-refractivity contribution in [3.05, 3.63) is 27.9 Å². The van der Waals surface area contributed by atoms with Crippen molar-refractivity contribution in [2.75, 3.05) is 33.4 Å². The maximum atomic E-state index is 12.4. The highest BCUT2D eigenvalue weighted by Gasteiger charge is 2.31. The van der Waals surface area contributed by atoms with E-state index in [1.54, 1.807) is 6.20 Å². The molecule has 0 bridgehead atoms. The first kappa shape index (κ1) is 20.4. The molecule has 0 unspecified atom stereocenters. The molecule has 1 fully saturated rings. The molecule has 1 saturated heterocycles. The third kappa shape index (κ3) is 4.94. The van der Waals surface area contributed by atoms with Crippen LogP contribution in [0.15, 0.2) is 27.8 Å². The van der Waals surface area contributed by atoms with E-state index in [0.29, 0.717) is 44.1 Å². The highest BCUT2D eigenvalue weighted by Crippen LogP contribution is 2.22. The van der Waals surface area contributed by atoms with E-state index < -0.39 is 11.9 Å². The number of esters is 1. The Hall–Kier alpha value is -2.30. The van der Waals surface area contributed by atoms with Gasteiger partial charge in [-0.05, 0) is 13.3 Å². The molecular formula is C18H24N4O5S. The lowest BCUT2D eigenvalue weighted by molar-refractivity contribution is -0.138. The van der Waals surface area contributed by atoms with Gasteiger partial charge in [-0.2, -0.15) is 0 Å². The number of carboxylic acid groups (broad SMARTS) is 1. The van der Waals surface area contributed by atoms with Crippen molar-refractivity contribution in [1.82, 2.24) is 15.2 Å². The molecule has 3 heterocycles. The molecule has 0 aliphatic carbocycles. The van der Waals surface area contributed by atoms with Crippen LogP contribution in [0.2, 0.25) is 0 Å². The van der Waals surface area contributed by atoms with Crippen molar-refractivity contribution in [1.29, 1.82) is 0 Å². The van der Waals surface area contributed by atoms with E-state index in [2.05, 4.69) is 20.2 Å². The summed E-state index contributed by atoms with van der Waals surface area (Å²) in [6, 6.07) is -0.355. The molecular weight excluding hydrogens is 384 g/mol. The maximum absolute atomic E-state index is 12.4. The predicted molar refractivity (Wildman–Crippen MR) is 103 cm³/mol. The van der Waals surface area contributed by atoms with Gasteiger partial charge in [-0.15, -0.1) is 11.3 Å². The van der Waals surface area contributed by atoms with Crippen LogP contribution in [0.5, 0.6) is 0 Å². The highest BCUT2D eigenvalue weighted by molar-refractivity contribution is 7.11. The van der Waals surface area contributed by atoms with Crippen LogP contribution in [0.25, 0.3) is 0 Å². The summed E-state index contributed by atoms with van der Waals surface area (Å²) in [4.78, 5) is 34.2. The van der Waals surface area contributed by atoms with E-state index in [1.807, 2.05) is 12.3 Å². The molecule has 28 heavy (non-hydrogen) atoms. The van der Waals surface area contributed by atoms with Crippen molar-refractivity contribution in [3.63, 3.8) is 0 Å². The second kappa shape index (κ2) is 9.26. The Morgan fingerprint density at radius 3 is 3.00 bits per heavy atom. The van der Waals surface area contributed by atoms with Crippen LogP contribution in [0, 0.1) is 0 Å². The summed E-state index contributed by atoms with van der Waals surface area (Å²) >= 11 is 1.47. The molecule has 3 rings (SSSR count). The molecule has 2 aliphatic heterocycles. The highest BCUT2D eigenvalue weighted by atomic mass is 32.1. The lowest BCUT2D eigenvalue weighted by atomic mass is 10.0. The number of hydrogen-bond acceptors (Lipinski definition) is 9. The number of nitrogens with zero attached hydrogens (tertiary/aromatic N) is 3. The van der Waals surface area contributed by atoms with E-state index in [0.717, 1.165) is 10.7 Å². The molecule has 2 atom stereocenters. The lowest BCUT2D eigenvalue weighted by Gasteiger charge is -2.35. The number of hydrogen-bond donors (Lipinski definition) is 2. The number of methoxy groups -OCH3 is 1. The quantitative estimate of drug-likeness (QED) is 0.639. The molecule has 1 aromatic heterocycles. The van der Waals surface area contributed by atoms with Gasteiger partial charge in [-0.1, -0.05) is 0 Å². The van der Waals surface area contributed by atoms with Gasteiger partial charge in [0.15, 0.2) is 10.8 Å². The minimum Gasteiger partial charge on any atom is -0.481 e. The minimum absolute atomic E-state index is 0.0742. The zero-order valence-electron chi connectivity index (χ0n) is 15.9. The summed E-state index contributed by atoms with van der Waals surface area (Å²) in [6.07, 6.45) is 2.11. The van der Waals surface area contributed by atoms with E-state index in [4.69, 9.17) is 14.6 Å². The Balaban J connectivity index is 1.75. The molecule has 2 aliphatic rings. The first-order chi connectivity index (χ1) is 13.5. The largest absolute Gasteiger partial charge is 0.481 e. The number of thiazole rings is 1. The number of aliphatic carboxylic acids is 1. The average Bonchev–Trinajstić information content (AvgIpc) is 3.21. The molecule has 0 spiro atoms. The number of morpholine rings is 1. The molecule has 0 radical (unpaired) electrons. The van der Waals surface area contributed by atoms with E-state index in [9.17, 15) is 9.59 Å². The Bertz CT molecular complexity index is 777. The van der Waals surface area contributed by atoms with Crippen LogP contribution in [0.1, 0.15) is 24.8 Å². The number of amidine groups is 1. The number of carboxylic acids is 1. The van der Waals surface area contributed by atoms with Gasteiger partial charge < -0.3 is 19.9 Å². The zero-order valence-corrected chi connectivity index (χ0v) is 16.7. The van der Waals surface area contributed by atoms with Gasteiger partial charge in [0.05, 0.1) is 31.4 Å². The van der Waals surface area contributed by atoms with Crippen molar-refractivity contribution < 1.29 is 24.2 Å². The monoisotopic (exact) mass is 408 g/mol. The van der Waals surface area contributed by atoms with Gasteiger partial charge in [0.25, 0.3) is 0 Å². The Morgan fingerprint density at radius 2 is 2.32 bits per heavy atom. The summed E-state index contributed by atoms with van der Waals surface area (Å²) in [7, 11) is 1.36. The SMILES string of the molecule is COC(=O)C1=C(CN2CCO[C@H](CCC(=O)O)C2)NC(c2nccs2)=N[C@H]1C. The van der Waals surface area contributed by atoms with Crippen molar-refractivity contribution in [2.45, 2.75) is 31.9 Å². The molecule has 0 amide bonds. The van der Waals surface area contributed by atoms with Gasteiger partial charge >= 0.3 is 11.9 Å². The average molecular weight is 408 g/mol. The first-order valence-electron chi connectivity index (χ1n) is 9.09. The van der Waals surface area contributed by atoms with Crippen LogP contribution >= 0.6 is 11.3 Å². The fraction of sp³-hybridized carbons (Fsp3) is 0.556. The predicted octanol–water partition coefficient (Wildman–Crippen LogP) is 0.874. The summed E-state index contributed by atoms with van der Waals surface area (Å²) in [5.74, 6) is -0.600. The fourth-order valence-corrected chi connectivity index (χ4v) is 3.92. The Labute approximate surface area is 167 Å². The van der Waals surface area contributed by atoms with Gasteiger partial charge in [-0.3, -0.25) is 14.7 Å². The number of aliphatic imine (C=N–C) groups is 1. The van der Waals surface area contributed by atoms with Gasteiger partial charge in [0, 0.05) is 43.3 Å².